The molecule has 0 spiro atoms. The Hall–Kier alpha value is -3.31. The van der Waals surface area contributed by atoms with E-state index in [2.05, 4.69) is 34.3 Å². The normalized spacial score (nSPS) is 16.3. The van der Waals surface area contributed by atoms with Gasteiger partial charge in [0, 0.05) is 36.4 Å². The molecule has 3 heterocycles. The van der Waals surface area contributed by atoms with Gasteiger partial charge in [0.25, 0.3) is 0 Å². The van der Waals surface area contributed by atoms with Crippen LogP contribution in [0.15, 0.2) is 41.4 Å². The summed E-state index contributed by atoms with van der Waals surface area (Å²) in [6, 6.07) is 7.88. The van der Waals surface area contributed by atoms with E-state index in [0.717, 1.165) is 43.9 Å². The number of anilines is 4. The Bertz CT molecular complexity index is 1390. The maximum atomic E-state index is 15.1. The van der Waals surface area contributed by atoms with Crippen LogP contribution in [-0.4, -0.2) is 65.8 Å². The molecule has 1 amide bonds. The Morgan fingerprint density at radius 3 is 2.44 bits per heavy atom. The topological polar surface area (TPSA) is 64.6 Å². The molecule has 7 nitrogen and oxygen atoms in total. The quantitative estimate of drug-likeness (QED) is 0.419. The number of benzene rings is 2. The molecule has 0 bridgehead atoms. The molecule has 0 aliphatic carbocycles. The van der Waals surface area contributed by atoms with E-state index >= 15 is 8.78 Å². The second-order valence-corrected chi connectivity index (χ2v) is 11.3. The highest BCUT2D eigenvalue weighted by molar-refractivity contribution is 8.00. The predicted molar refractivity (Wildman–Crippen MR) is 149 cm³/mol. The SMILES string of the molecule is CC(C)N1C(=O)CSc2c(F)cc(-c3nc(Nc4ccc(N5CCC(N(C)C)CC5)c(F)c4)ncc3F)cc21. The monoisotopic (exact) mass is 556 g/mol. The van der Waals surface area contributed by atoms with Crippen LogP contribution in [-0.2, 0) is 4.79 Å². The number of nitrogens with one attached hydrogen (secondary N) is 1. The summed E-state index contributed by atoms with van der Waals surface area (Å²) in [4.78, 5) is 26.9. The number of hydrogen-bond acceptors (Lipinski definition) is 7. The van der Waals surface area contributed by atoms with Gasteiger partial charge in [0.1, 0.15) is 17.3 Å². The van der Waals surface area contributed by atoms with Crippen molar-refractivity contribution in [2.45, 2.75) is 43.7 Å². The standard InChI is InChI=1S/C28H31F3N6OS/c1-16(2)37-24-12-17(11-21(30)27(24)39-15-25(37)38)26-22(31)14-32-28(34-26)33-18-5-6-23(20(29)13-18)36-9-7-19(8-10-36)35(3)4/h5-6,11-14,16,19H,7-10,15H2,1-4H3,(H,32,33,34). The summed E-state index contributed by atoms with van der Waals surface area (Å²) in [5.74, 6) is -1.63. The smallest absolute Gasteiger partial charge is 0.237 e. The fraction of sp³-hybridized carbons (Fsp3) is 0.393. The van der Waals surface area contributed by atoms with Crippen molar-refractivity contribution in [1.29, 1.82) is 0 Å². The van der Waals surface area contributed by atoms with E-state index in [1.54, 1.807) is 18.2 Å². The molecule has 1 aromatic heterocycles. The summed E-state index contributed by atoms with van der Waals surface area (Å²) in [5.41, 5.74) is 1.38. The molecule has 2 aromatic carbocycles. The van der Waals surface area contributed by atoms with Crippen molar-refractivity contribution in [3.05, 3.63) is 54.0 Å². The predicted octanol–water partition coefficient (Wildman–Crippen LogP) is 5.68. The van der Waals surface area contributed by atoms with Gasteiger partial charge in [-0.25, -0.2) is 23.1 Å². The largest absolute Gasteiger partial charge is 0.369 e. The van der Waals surface area contributed by atoms with Crippen molar-refractivity contribution >= 4 is 40.7 Å². The molecular weight excluding hydrogens is 525 g/mol. The number of rotatable bonds is 6. The number of piperidine rings is 1. The van der Waals surface area contributed by atoms with Crippen LogP contribution >= 0.6 is 11.8 Å². The van der Waals surface area contributed by atoms with E-state index in [1.807, 2.05) is 18.7 Å². The van der Waals surface area contributed by atoms with Crippen molar-refractivity contribution in [2.24, 2.45) is 0 Å². The third-order valence-corrected chi connectivity index (χ3v) is 8.25. The van der Waals surface area contributed by atoms with Crippen LogP contribution in [0.25, 0.3) is 11.3 Å². The number of carbonyl (C=O) groups excluding carboxylic acids is 1. The van der Waals surface area contributed by atoms with Crippen molar-refractivity contribution in [3.8, 4) is 11.3 Å². The van der Waals surface area contributed by atoms with Gasteiger partial charge in [-0.2, -0.15) is 0 Å². The number of amides is 1. The van der Waals surface area contributed by atoms with Crippen LogP contribution < -0.4 is 15.1 Å². The Balaban J connectivity index is 1.39. The maximum Gasteiger partial charge on any atom is 0.237 e. The van der Waals surface area contributed by atoms with E-state index in [-0.39, 0.29) is 40.7 Å². The number of fused-ring (bicyclic) bond motifs is 1. The van der Waals surface area contributed by atoms with E-state index in [0.29, 0.717) is 28.0 Å². The van der Waals surface area contributed by atoms with Gasteiger partial charge in [-0.15, -0.1) is 11.8 Å². The average Bonchev–Trinajstić information content (AvgIpc) is 2.89. The first kappa shape index (κ1) is 27.3. The molecule has 3 aromatic rings. The first-order valence-electron chi connectivity index (χ1n) is 12.9. The number of aromatic nitrogens is 2. The van der Waals surface area contributed by atoms with E-state index in [1.165, 1.54) is 17.0 Å². The van der Waals surface area contributed by atoms with Gasteiger partial charge in [0.05, 0.1) is 28.2 Å². The minimum Gasteiger partial charge on any atom is -0.369 e. The lowest BCUT2D eigenvalue weighted by Crippen LogP contribution is -2.42. The molecule has 1 fully saturated rings. The summed E-state index contributed by atoms with van der Waals surface area (Å²) < 4.78 is 45.0. The van der Waals surface area contributed by atoms with Gasteiger partial charge in [0.15, 0.2) is 5.82 Å². The molecule has 2 aliphatic rings. The highest BCUT2D eigenvalue weighted by Gasteiger charge is 2.30. The number of hydrogen-bond donors (Lipinski definition) is 1. The van der Waals surface area contributed by atoms with Crippen molar-refractivity contribution < 1.29 is 18.0 Å². The highest BCUT2D eigenvalue weighted by atomic mass is 32.2. The Labute approximate surface area is 230 Å². The number of halogens is 3. The average molecular weight is 557 g/mol. The van der Waals surface area contributed by atoms with Gasteiger partial charge in [-0.05, 0) is 71.1 Å². The molecule has 0 atom stereocenters. The summed E-state index contributed by atoms with van der Waals surface area (Å²) in [6.07, 6.45) is 2.91. The molecule has 0 saturated carbocycles. The summed E-state index contributed by atoms with van der Waals surface area (Å²) in [5, 5.41) is 2.93. The molecular formula is C28H31F3N6OS. The van der Waals surface area contributed by atoms with Gasteiger partial charge in [-0.1, -0.05) is 0 Å². The van der Waals surface area contributed by atoms with Crippen molar-refractivity contribution in [1.82, 2.24) is 14.9 Å². The lowest BCUT2D eigenvalue weighted by molar-refractivity contribution is -0.116. The van der Waals surface area contributed by atoms with Crippen LogP contribution in [0.5, 0.6) is 0 Å². The number of thioether (sulfide) groups is 1. The molecule has 39 heavy (non-hydrogen) atoms. The third kappa shape index (κ3) is 5.56. The van der Waals surface area contributed by atoms with Gasteiger partial charge < -0.3 is 20.0 Å². The second-order valence-electron chi connectivity index (χ2n) is 10.3. The fourth-order valence-electron chi connectivity index (χ4n) is 5.16. The van der Waals surface area contributed by atoms with Crippen LogP contribution in [0, 0.1) is 17.5 Å². The Kier molecular flexibility index (Phi) is 7.73. The molecule has 11 heteroatoms. The minimum atomic E-state index is -0.742. The van der Waals surface area contributed by atoms with Crippen LogP contribution in [0.2, 0.25) is 0 Å². The maximum absolute atomic E-state index is 15.1. The molecule has 0 unspecified atom stereocenters. The molecule has 2 aliphatic heterocycles. The number of carbonyl (C=O) groups is 1. The zero-order valence-electron chi connectivity index (χ0n) is 22.3. The lowest BCUT2D eigenvalue weighted by Gasteiger charge is -2.36. The van der Waals surface area contributed by atoms with E-state index in [4.69, 9.17) is 0 Å². The van der Waals surface area contributed by atoms with Crippen LogP contribution in [0.4, 0.5) is 36.2 Å². The summed E-state index contributed by atoms with van der Waals surface area (Å²) in [7, 11) is 4.12. The summed E-state index contributed by atoms with van der Waals surface area (Å²) in [6.45, 7) is 5.22. The van der Waals surface area contributed by atoms with E-state index < -0.39 is 11.6 Å². The first-order valence-corrected chi connectivity index (χ1v) is 13.9. The second kappa shape index (κ2) is 11.1. The summed E-state index contributed by atoms with van der Waals surface area (Å²) >= 11 is 1.13. The van der Waals surface area contributed by atoms with E-state index in [9.17, 15) is 9.18 Å². The molecule has 206 valence electrons. The molecule has 1 saturated heterocycles. The molecule has 1 N–H and O–H groups in total. The Morgan fingerprint density at radius 1 is 1.03 bits per heavy atom. The highest BCUT2D eigenvalue weighted by Crippen LogP contribution is 2.41. The third-order valence-electron chi connectivity index (χ3n) is 7.17. The molecule has 5 rings (SSSR count). The lowest BCUT2D eigenvalue weighted by atomic mass is 10.0. The van der Waals surface area contributed by atoms with Crippen molar-refractivity contribution in [2.75, 3.05) is 48.1 Å². The number of nitrogens with zero attached hydrogens (tertiary/aromatic N) is 5. The van der Waals surface area contributed by atoms with Crippen LogP contribution in [0.1, 0.15) is 26.7 Å². The van der Waals surface area contributed by atoms with Gasteiger partial charge in [0.2, 0.25) is 11.9 Å². The Morgan fingerprint density at radius 2 is 1.77 bits per heavy atom. The fourth-order valence-corrected chi connectivity index (χ4v) is 6.07. The van der Waals surface area contributed by atoms with Crippen LogP contribution in [0.3, 0.4) is 0 Å². The zero-order valence-corrected chi connectivity index (χ0v) is 23.2. The van der Waals surface area contributed by atoms with Crippen molar-refractivity contribution in [3.63, 3.8) is 0 Å². The molecule has 0 radical (unpaired) electrons. The van der Waals surface area contributed by atoms with Gasteiger partial charge in [-0.3, -0.25) is 4.79 Å². The zero-order chi connectivity index (χ0) is 27.8. The minimum absolute atomic E-state index is 0.0367. The first-order chi connectivity index (χ1) is 18.6. The van der Waals surface area contributed by atoms with Gasteiger partial charge >= 0.3 is 0 Å².